The Hall–Kier alpha value is -2.24. The molecule has 0 aliphatic heterocycles. The molecule has 2 aliphatic carbocycles. The molecule has 2 aliphatic rings. The summed E-state index contributed by atoms with van der Waals surface area (Å²) in [7, 11) is 0. The molecule has 2 heterocycles. The lowest BCUT2D eigenvalue weighted by molar-refractivity contribution is -0.123. The van der Waals surface area contributed by atoms with E-state index in [0.29, 0.717) is 17.6 Å². The lowest BCUT2D eigenvalue weighted by Crippen LogP contribution is -2.38. The van der Waals surface area contributed by atoms with Crippen LogP contribution < -0.4 is 5.32 Å². The molecule has 0 saturated heterocycles. The zero-order chi connectivity index (χ0) is 17.2. The van der Waals surface area contributed by atoms with E-state index in [9.17, 15) is 4.79 Å². The van der Waals surface area contributed by atoms with Crippen LogP contribution in [0.1, 0.15) is 75.3 Å². The number of amides is 1. The van der Waals surface area contributed by atoms with Gasteiger partial charge < -0.3 is 9.84 Å². The Bertz CT molecular complexity index is 747. The fraction of sp³-hybridized carbons (Fsp3) is 0.579. The molecule has 1 N–H and O–H groups in total. The zero-order valence-electron chi connectivity index (χ0n) is 14.6. The molecule has 0 unspecified atom stereocenters. The van der Waals surface area contributed by atoms with Crippen LogP contribution in [0.5, 0.6) is 0 Å². The summed E-state index contributed by atoms with van der Waals surface area (Å²) in [5.41, 5.74) is 1.98. The van der Waals surface area contributed by atoms with E-state index in [1.807, 2.05) is 19.1 Å². The lowest BCUT2D eigenvalue weighted by atomic mass is 9.95. The third-order valence-corrected chi connectivity index (χ3v) is 5.19. The van der Waals surface area contributed by atoms with E-state index in [1.165, 1.54) is 32.1 Å². The second-order valence-corrected chi connectivity index (χ2v) is 7.27. The highest BCUT2D eigenvalue weighted by Gasteiger charge is 2.27. The minimum Gasteiger partial charge on any atom is -0.353 e. The maximum absolute atomic E-state index is 12.5. The van der Waals surface area contributed by atoms with E-state index < -0.39 is 5.92 Å². The number of carbonyl (C=O) groups is 1. The normalized spacial score (nSPS) is 19.6. The van der Waals surface area contributed by atoms with Gasteiger partial charge in [-0.1, -0.05) is 24.4 Å². The molecular weight excluding hydrogens is 316 g/mol. The van der Waals surface area contributed by atoms with Crippen LogP contribution in [0.3, 0.4) is 0 Å². The van der Waals surface area contributed by atoms with Crippen LogP contribution >= 0.6 is 0 Å². The van der Waals surface area contributed by atoms with Crippen LogP contribution in [0.4, 0.5) is 0 Å². The molecule has 0 spiro atoms. The third kappa shape index (κ3) is 3.72. The second kappa shape index (κ2) is 6.94. The Morgan fingerprint density at radius 1 is 1.24 bits per heavy atom. The van der Waals surface area contributed by atoms with Crippen molar-refractivity contribution >= 4 is 5.91 Å². The van der Waals surface area contributed by atoms with Crippen LogP contribution in [-0.4, -0.2) is 27.1 Å². The minimum absolute atomic E-state index is 0.0319. The Morgan fingerprint density at radius 2 is 2.04 bits per heavy atom. The van der Waals surface area contributed by atoms with Gasteiger partial charge in [0.25, 0.3) is 0 Å². The average molecular weight is 340 g/mol. The number of nitrogens with one attached hydrogen (secondary N) is 1. The first-order valence-corrected chi connectivity index (χ1v) is 9.31. The van der Waals surface area contributed by atoms with Crippen LogP contribution in [0.25, 0.3) is 11.4 Å². The first kappa shape index (κ1) is 16.2. The summed E-state index contributed by atoms with van der Waals surface area (Å²) in [6.45, 7) is 1.82. The quantitative estimate of drug-likeness (QED) is 0.900. The zero-order valence-corrected chi connectivity index (χ0v) is 14.6. The van der Waals surface area contributed by atoms with Gasteiger partial charge in [0.1, 0.15) is 5.92 Å². The third-order valence-electron chi connectivity index (χ3n) is 5.19. The minimum atomic E-state index is -0.437. The standard InChI is InChI=1S/C19H24N4O2/c1-12(18(24)21-15-5-3-2-4-6-15)19-22-17(23-25-19)14-9-10-20-16(11-14)13-7-8-13/h9-13,15H,2-8H2,1H3,(H,21,24)/t12-/m0/s1. The van der Waals surface area contributed by atoms with Crippen LogP contribution in [0.15, 0.2) is 22.9 Å². The van der Waals surface area contributed by atoms with Gasteiger partial charge in [-0.15, -0.1) is 0 Å². The van der Waals surface area contributed by atoms with Crippen molar-refractivity contribution < 1.29 is 9.32 Å². The molecule has 2 aromatic rings. The van der Waals surface area contributed by atoms with Crippen molar-refractivity contribution in [1.29, 1.82) is 0 Å². The maximum Gasteiger partial charge on any atom is 0.239 e. The van der Waals surface area contributed by atoms with E-state index in [0.717, 1.165) is 24.1 Å². The molecule has 0 radical (unpaired) electrons. The van der Waals surface area contributed by atoms with E-state index >= 15 is 0 Å². The molecule has 2 saturated carbocycles. The Morgan fingerprint density at radius 3 is 2.80 bits per heavy atom. The molecule has 0 aromatic carbocycles. The first-order valence-electron chi connectivity index (χ1n) is 9.31. The summed E-state index contributed by atoms with van der Waals surface area (Å²) in [4.78, 5) is 21.3. The van der Waals surface area contributed by atoms with Gasteiger partial charge in [-0.3, -0.25) is 9.78 Å². The van der Waals surface area contributed by atoms with Crippen LogP contribution in [0.2, 0.25) is 0 Å². The predicted molar refractivity (Wildman–Crippen MR) is 92.9 cm³/mol. The number of carbonyl (C=O) groups excluding carboxylic acids is 1. The molecule has 1 amide bonds. The van der Waals surface area contributed by atoms with Gasteiger partial charge in [-0.25, -0.2) is 0 Å². The van der Waals surface area contributed by atoms with Crippen molar-refractivity contribution in [2.24, 2.45) is 0 Å². The van der Waals surface area contributed by atoms with Crippen molar-refractivity contribution in [3.05, 3.63) is 29.9 Å². The number of rotatable bonds is 5. The number of aromatic nitrogens is 3. The lowest BCUT2D eigenvalue weighted by Gasteiger charge is -2.23. The number of pyridine rings is 1. The van der Waals surface area contributed by atoms with Gasteiger partial charge in [0.15, 0.2) is 0 Å². The maximum atomic E-state index is 12.5. The Kier molecular flexibility index (Phi) is 4.51. The SMILES string of the molecule is C[C@@H](C(=O)NC1CCCCC1)c1nc(-c2ccnc(C3CC3)c2)no1. The van der Waals surface area contributed by atoms with Gasteiger partial charge in [-0.05, 0) is 44.7 Å². The average Bonchev–Trinajstić information content (AvgIpc) is 3.39. The van der Waals surface area contributed by atoms with E-state index in [2.05, 4.69) is 20.4 Å². The van der Waals surface area contributed by atoms with Crippen molar-refractivity contribution in [1.82, 2.24) is 20.4 Å². The molecule has 1 atom stereocenters. The largest absolute Gasteiger partial charge is 0.353 e. The monoisotopic (exact) mass is 340 g/mol. The molecule has 132 valence electrons. The molecule has 4 rings (SSSR count). The summed E-state index contributed by atoms with van der Waals surface area (Å²) < 4.78 is 5.36. The van der Waals surface area contributed by atoms with Gasteiger partial charge in [-0.2, -0.15) is 4.98 Å². The van der Waals surface area contributed by atoms with Gasteiger partial charge >= 0.3 is 0 Å². The van der Waals surface area contributed by atoms with E-state index in [-0.39, 0.29) is 11.9 Å². The highest BCUT2D eigenvalue weighted by Crippen LogP contribution is 2.39. The molecule has 0 bridgehead atoms. The fourth-order valence-corrected chi connectivity index (χ4v) is 3.40. The number of hydrogen-bond acceptors (Lipinski definition) is 5. The van der Waals surface area contributed by atoms with Crippen molar-refractivity contribution in [3.63, 3.8) is 0 Å². The van der Waals surface area contributed by atoms with Gasteiger partial charge in [0.2, 0.25) is 17.6 Å². The molecule has 25 heavy (non-hydrogen) atoms. The second-order valence-electron chi connectivity index (χ2n) is 7.27. The fourth-order valence-electron chi connectivity index (χ4n) is 3.40. The highest BCUT2D eigenvalue weighted by atomic mass is 16.5. The first-order chi connectivity index (χ1) is 12.2. The Labute approximate surface area is 147 Å². The Balaban J connectivity index is 1.44. The van der Waals surface area contributed by atoms with Crippen molar-refractivity contribution in [3.8, 4) is 11.4 Å². The van der Waals surface area contributed by atoms with Gasteiger partial charge in [0.05, 0.1) is 0 Å². The predicted octanol–water partition coefficient (Wildman–Crippen LogP) is 3.56. The summed E-state index contributed by atoms with van der Waals surface area (Å²) in [5, 5.41) is 7.19. The highest BCUT2D eigenvalue weighted by molar-refractivity contribution is 5.82. The van der Waals surface area contributed by atoms with Gasteiger partial charge in [0, 0.05) is 29.4 Å². The van der Waals surface area contributed by atoms with Crippen molar-refractivity contribution in [2.45, 2.75) is 69.7 Å². The number of hydrogen-bond donors (Lipinski definition) is 1. The van der Waals surface area contributed by atoms with Crippen molar-refractivity contribution in [2.75, 3.05) is 0 Å². The molecule has 2 aromatic heterocycles. The molecule has 2 fully saturated rings. The summed E-state index contributed by atoms with van der Waals surface area (Å²) >= 11 is 0. The summed E-state index contributed by atoms with van der Waals surface area (Å²) in [5.74, 6) is 1.000. The molecular formula is C19H24N4O2. The number of nitrogens with zero attached hydrogens (tertiary/aromatic N) is 3. The van der Waals surface area contributed by atoms with Crippen LogP contribution in [0, 0.1) is 0 Å². The topological polar surface area (TPSA) is 80.9 Å². The smallest absolute Gasteiger partial charge is 0.239 e. The molecule has 6 nitrogen and oxygen atoms in total. The van der Waals surface area contributed by atoms with E-state index in [4.69, 9.17) is 4.52 Å². The van der Waals surface area contributed by atoms with E-state index in [1.54, 1.807) is 6.20 Å². The summed E-state index contributed by atoms with van der Waals surface area (Å²) in [6, 6.07) is 4.19. The van der Waals surface area contributed by atoms with Crippen LogP contribution in [-0.2, 0) is 4.79 Å². The summed E-state index contributed by atoms with van der Waals surface area (Å²) in [6.07, 6.45) is 9.97. The molecule has 6 heteroatoms.